The summed E-state index contributed by atoms with van der Waals surface area (Å²) < 4.78 is 0. The maximum atomic E-state index is 11.8. The van der Waals surface area contributed by atoms with E-state index in [2.05, 4.69) is 5.32 Å². The molecule has 0 aromatic rings. The molecule has 1 amide bonds. The molecule has 15 heavy (non-hydrogen) atoms. The number of rotatable bonds is 7. The van der Waals surface area contributed by atoms with Crippen LogP contribution in [0.4, 0.5) is 0 Å². The minimum absolute atomic E-state index is 0.0273. The summed E-state index contributed by atoms with van der Waals surface area (Å²) in [5, 5.41) is 12.1. The van der Waals surface area contributed by atoms with Gasteiger partial charge in [-0.05, 0) is 27.3 Å². The lowest BCUT2D eigenvalue weighted by Crippen LogP contribution is -2.42. The van der Waals surface area contributed by atoms with Gasteiger partial charge >= 0.3 is 0 Å². The maximum absolute atomic E-state index is 11.8. The molecule has 0 aromatic carbocycles. The van der Waals surface area contributed by atoms with E-state index in [9.17, 15) is 4.79 Å². The smallest absolute Gasteiger partial charge is 0.224 e. The number of nitrogens with zero attached hydrogens (tertiary/aromatic N) is 1. The number of hydrogen-bond donors (Lipinski definition) is 2. The van der Waals surface area contributed by atoms with E-state index in [0.29, 0.717) is 13.0 Å². The molecule has 0 radical (unpaired) electrons. The van der Waals surface area contributed by atoms with E-state index < -0.39 is 0 Å². The summed E-state index contributed by atoms with van der Waals surface area (Å²) in [6, 6.07) is 0.348. The van der Waals surface area contributed by atoms with Gasteiger partial charge in [0.2, 0.25) is 5.91 Å². The van der Waals surface area contributed by atoms with Crippen molar-refractivity contribution in [2.75, 3.05) is 19.7 Å². The molecule has 1 unspecified atom stereocenters. The minimum Gasteiger partial charge on any atom is -0.395 e. The molecule has 0 rings (SSSR count). The van der Waals surface area contributed by atoms with Crippen molar-refractivity contribution in [1.29, 1.82) is 0 Å². The van der Waals surface area contributed by atoms with Crippen molar-refractivity contribution < 1.29 is 9.90 Å². The number of aliphatic hydroxyl groups is 1. The van der Waals surface area contributed by atoms with E-state index >= 15 is 0 Å². The second-order valence-electron chi connectivity index (χ2n) is 4.07. The van der Waals surface area contributed by atoms with Crippen LogP contribution in [0.15, 0.2) is 0 Å². The van der Waals surface area contributed by atoms with E-state index in [0.717, 1.165) is 6.54 Å². The molecular weight excluding hydrogens is 192 g/mol. The summed E-state index contributed by atoms with van der Waals surface area (Å²) >= 11 is 0. The van der Waals surface area contributed by atoms with Crippen LogP contribution in [0, 0.1) is 0 Å². The monoisotopic (exact) mass is 216 g/mol. The Morgan fingerprint density at radius 3 is 2.40 bits per heavy atom. The summed E-state index contributed by atoms with van der Waals surface area (Å²) in [6.07, 6.45) is 0.492. The predicted molar refractivity (Wildman–Crippen MR) is 61.7 cm³/mol. The summed E-state index contributed by atoms with van der Waals surface area (Å²) in [6.45, 7) is 9.27. The van der Waals surface area contributed by atoms with Gasteiger partial charge in [-0.2, -0.15) is 0 Å². The van der Waals surface area contributed by atoms with Crippen LogP contribution < -0.4 is 5.32 Å². The van der Waals surface area contributed by atoms with E-state index in [1.54, 1.807) is 4.90 Å². The lowest BCUT2D eigenvalue weighted by Gasteiger charge is -2.27. The van der Waals surface area contributed by atoms with Gasteiger partial charge in [-0.1, -0.05) is 6.92 Å². The largest absolute Gasteiger partial charge is 0.395 e. The Morgan fingerprint density at radius 2 is 2.00 bits per heavy atom. The fraction of sp³-hybridized carbons (Fsp3) is 0.909. The molecule has 0 aliphatic carbocycles. The van der Waals surface area contributed by atoms with Gasteiger partial charge in [0.25, 0.3) is 0 Å². The van der Waals surface area contributed by atoms with E-state index in [1.807, 2.05) is 27.7 Å². The maximum Gasteiger partial charge on any atom is 0.224 e. The van der Waals surface area contributed by atoms with Gasteiger partial charge in [-0.15, -0.1) is 0 Å². The van der Waals surface area contributed by atoms with Gasteiger partial charge in [-0.3, -0.25) is 4.79 Å². The number of hydrogen-bond acceptors (Lipinski definition) is 3. The van der Waals surface area contributed by atoms with Gasteiger partial charge in [0.1, 0.15) is 0 Å². The first kappa shape index (κ1) is 14.4. The van der Waals surface area contributed by atoms with Crippen molar-refractivity contribution in [2.24, 2.45) is 0 Å². The Balaban J connectivity index is 4.13. The van der Waals surface area contributed by atoms with E-state index in [-0.39, 0.29) is 24.6 Å². The van der Waals surface area contributed by atoms with E-state index in [4.69, 9.17) is 5.11 Å². The highest BCUT2D eigenvalue weighted by Crippen LogP contribution is 2.03. The van der Waals surface area contributed by atoms with Crippen LogP contribution in [-0.4, -0.2) is 47.7 Å². The van der Waals surface area contributed by atoms with Crippen LogP contribution in [0.5, 0.6) is 0 Å². The molecule has 4 heteroatoms. The zero-order valence-electron chi connectivity index (χ0n) is 10.3. The SMILES string of the molecule is CCNC(C)CC(=O)N(CCO)C(C)C. The molecule has 2 N–H and O–H groups in total. The number of carbonyl (C=O) groups is 1. The standard InChI is InChI=1S/C11H24N2O2/c1-5-12-10(4)8-11(15)13(6-7-14)9(2)3/h9-10,12,14H,5-8H2,1-4H3. The summed E-state index contributed by atoms with van der Waals surface area (Å²) in [5.74, 6) is 0.104. The second-order valence-corrected chi connectivity index (χ2v) is 4.07. The Bertz CT molecular complexity index is 183. The van der Waals surface area contributed by atoms with Crippen LogP contribution >= 0.6 is 0 Å². The third-order valence-corrected chi connectivity index (χ3v) is 2.32. The van der Waals surface area contributed by atoms with Crippen molar-refractivity contribution in [1.82, 2.24) is 10.2 Å². The third-order valence-electron chi connectivity index (χ3n) is 2.32. The highest BCUT2D eigenvalue weighted by molar-refractivity contribution is 5.77. The molecule has 0 aliphatic rings. The molecule has 0 spiro atoms. The zero-order valence-corrected chi connectivity index (χ0v) is 10.3. The first-order valence-corrected chi connectivity index (χ1v) is 5.66. The molecule has 90 valence electrons. The molecule has 0 saturated heterocycles. The normalized spacial score (nSPS) is 12.9. The van der Waals surface area contributed by atoms with Crippen molar-refractivity contribution >= 4 is 5.91 Å². The minimum atomic E-state index is 0.0273. The average molecular weight is 216 g/mol. The highest BCUT2D eigenvalue weighted by atomic mass is 16.3. The van der Waals surface area contributed by atoms with Gasteiger partial charge < -0.3 is 15.3 Å². The highest BCUT2D eigenvalue weighted by Gasteiger charge is 2.18. The predicted octanol–water partition coefficient (Wildman–Crippen LogP) is 0.604. The Labute approximate surface area is 92.7 Å². The lowest BCUT2D eigenvalue weighted by atomic mass is 10.2. The van der Waals surface area contributed by atoms with Crippen LogP contribution in [0.25, 0.3) is 0 Å². The molecule has 0 heterocycles. The summed E-state index contributed by atoms with van der Waals surface area (Å²) in [7, 11) is 0. The number of aliphatic hydroxyl groups excluding tert-OH is 1. The molecule has 1 atom stereocenters. The fourth-order valence-electron chi connectivity index (χ4n) is 1.58. The fourth-order valence-corrected chi connectivity index (χ4v) is 1.58. The van der Waals surface area contributed by atoms with Crippen molar-refractivity contribution in [3.8, 4) is 0 Å². The van der Waals surface area contributed by atoms with Crippen molar-refractivity contribution in [2.45, 2.75) is 46.2 Å². The van der Waals surface area contributed by atoms with Crippen LogP contribution in [0.1, 0.15) is 34.1 Å². The molecule has 0 aliphatic heterocycles. The van der Waals surface area contributed by atoms with Crippen molar-refractivity contribution in [3.63, 3.8) is 0 Å². The molecule has 0 aromatic heterocycles. The summed E-state index contributed by atoms with van der Waals surface area (Å²) in [5.41, 5.74) is 0. The third kappa shape index (κ3) is 5.74. The molecule has 0 bridgehead atoms. The first-order chi connectivity index (χ1) is 7.02. The van der Waals surface area contributed by atoms with Crippen molar-refractivity contribution in [3.05, 3.63) is 0 Å². The quantitative estimate of drug-likeness (QED) is 0.655. The number of amides is 1. The lowest BCUT2D eigenvalue weighted by molar-refractivity contribution is -0.133. The summed E-state index contributed by atoms with van der Waals surface area (Å²) in [4.78, 5) is 13.6. The molecule has 0 saturated carbocycles. The second kappa shape index (κ2) is 7.65. The molecule has 0 fully saturated rings. The van der Waals surface area contributed by atoms with Gasteiger partial charge in [0.05, 0.1) is 6.61 Å². The Morgan fingerprint density at radius 1 is 1.40 bits per heavy atom. The first-order valence-electron chi connectivity index (χ1n) is 5.66. The van der Waals surface area contributed by atoms with Crippen LogP contribution in [0.2, 0.25) is 0 Å². The molecule has 4 nitrogen and oxygen atoms in total. The van der Waals surface area contributed by atoms with Crippen LogP contribution in [0.3, 0.4) is 0 Å². The zero-order chi connectivity index (χ0) is 11.8. The topological polar surface area (TPSA) is 52.6 Å². The van der Waals surface area contributed by atoms with Gasteiger partial charge in [0.15, 0.2) is 0 Å². The average Bonchev–Trinajstić information content (AvgIpc) is 2.13. The van der Waals surface area contributed by atoms with E-state index in [1.165, 1.54) is 0 Å². The van der Waals surface area contributed by atoms with Gasteiger partial charge in [0, 0.05) is 25.0 Å². The Hall–Kier alpha value is -0.610. The van der Waals surface area contributed by atoms with Gasteiger partial charge in [-0.25, -0.2) is 0 Å². The Kier molecular flexibility index (Phi) is 7.34. The van der Waals surface area contributed by atoms with Crippen LogP contribution in [-0.2, 0) is 4.79 Å². The number of carbonyl (C=O) groups excluding carboxylic acids is 1. The molecular formula is C11H24N2O2. The number of nitrogens with one attached hydrogen (secondary N) is 1.